The van der Waals surface area contributed by atoms with Crippen LogP contribution in [-0.4, -0.2) is 20.4 Å². The summed E-state index contributed by atoms with van der Waals surface area (Å²) in [5.41, 5.74) is -0.188. The van der Waals surface area contributed by atoms with Crippen molar-refractivity contribution in [2.45, 2.75) is 0 Å². The van der Waals surface area contributed by atoms with Gasteiger partial charge in [-0.15, -0.1) is 0 Å². The van der Waals surface area contributed by atoms with Crippen molar-refractivity contribution < 1.29 is 20.4 Å². The van der Waals surface area contributed by atoms with Crippen LogP contribution >= 0.6 is 63.7 Å². The van der Waals surface area contributed by atoms with E-state index in [-0.39, 0.29) is 34.1 Å². The zero-order chi connectivity index (χ0) is 15.2. The van der Waals surface area contributed by atoms with Gasteiger partial charge in [-0.05, 0) is 75.9 Å². The Bertz CT molecular complexity index is 602. The first-order valence-electron chi connectivity index (χ1n) is 5.06. The summed E-state index contributed by atoms with van der Waals surface area (Å²) in [4.78, 5) is 0. The highest BCUT2D eigenvalue weighted by Gasteiger charge is 2.25. The summed E-state index contributed by atoms with van der Waals surface area (Å²) in [6.45, 7) is 0. The van der Waals surface area contributed by atoms with Gasteiger partial charge in [0.05, 0.1) is 29.0 Å². The molecule has 0 amide bonds. The van der Waals surface area contributed by atoms with Gasteiger partial charge in [-0.1, -0.05) is 0 Å². The molecule has 8 heteroatoms. The van der Waals surface area contributed by atoms with Gasteiger partial charge >= 0.3 is 0 Å². The molecule has 0 aromatic heterocycles. The fourth-order valence-corrected chi connectivity index (χ4v) is 3.99. The lowest BCUT2D eigenvalue weighted by molar-refractivity contribution is 0.435. The number of phenolic OH excluding ortho intramolecular Hbond substituents is 4. The molecule has 2 aromatic rings. The van der Waals surface area contributed by atoms with Gasteiger partial charge in [0.1, 0.15) is 23.0 Å². The Morgan fingerprint density at radius 2 is 0.700 bits per heavy atom. The molecule has 20 heavy (non-hydrogen) atoms. The van der Waals surface area contributed by atoms with E-state index in [2.05, 4.69) is 63.7 Å². The van der Waals surface area contributed by atoms with Crippen molar-refractivity contribution in [3.05, 3.63) is 30.0 Å². The highest BCUT2D eigenvalue weighted by Crippen LogP contribution is 2.54. The third-order valence-corrected chi connectivity index (χ3v) is 5.03. The normalized spacial score (nSPS) is 10.8. The quantitative estimate of drug-likeness (QED) is 0.405. The molecular weight excluding hydrogens is 528 g/mol. The third-order valence-electron chi connectivity index (χ3n) is 2.61. The van der Waals surface area contributed by atoms with E-state index in [0.29, 0.717) is 17.9 Å². The molecule has 0 spiro atoms. The monoisotopic (exact) mass is 530 g/mol. The van der Waals surface area contributed by atoms with E-state index in [9.17, 15) is 20.4 Å². The highest BCUT2D eigenvalue weighted by atomic mass is 79.9. The van der Waals surface area contributed by atoms with E-state index in [4.69, 9.17) is 0 Å². The Morgan fingerprint density at radius 3 is 0.900 bits per heavy atom. The average molecular weight is 534 g/mol. The molecule has 0 aliphatic carbocycles. The van der Waals surface area contributed by atoms with Crippen LogP contribution in [-0.2, 0) is 0 Å². The van der Waals surface area contributed by atoms with Crippen molar-refractivity contribution in [3.63, 3.8) is 0 Å². The Hall–Kier alpha value is -0.440. The number of aromatic hydroxyl groups is 4. The zero-order valence-electron chi connectivity index (χ0n) is 9.46. The first-order valence-corrected chi connectivity index (χ1v) is 8.23. The van der Waals surface area contributed by atoms with Crippen LogP contribution < -0.4 is 0 Å². The lowest BCUT2D eigenvalue weighted by Gasteiger charge is -2.15. The van der Waals surface area contributed by atoms with Crippen LogP contribution in [0.5, 0.6) is 23.0 Å². The zero-order valence-corrected chi connectivity index (χ0v) is 15.8. The van der Waals surface area contributed by atoms with Crippen molar-refractivity contribution in [1.82, 2.24) is 0 Å². The molecule has 0 fully saturated rings. The van der Waals surface area contributed by atoms with Crippen LogP contribution in [0.3, 0.4) is 0 Å². The Balaban J connectivity index is 2.96. The summed E-state index contributed by atoms with van der Waals surface area (Å²) in [7, 11) is 0. The smallest absolute Gasteiger partial charge is 0.141 e. The molecule has 2 aromatic carbocycles. The van der Waals surface area contributed by atoms with Crippen LogP contribution in [0.1, 0.15) is 0 Å². The van der Waals surface area contributed by atoms with E-state index < -0.39 is 0 Å². The molecule has 0 heterocycles. The highest BCUT2D eigenvalue weighted by molar-refractivity contribution is 9.11. The average Bonchev–Trinajstić information content (AvgIpc) is 2.38. The SMILES string of the molecule is Oc1c(Br)cc(Br)c(O)c1-c1c(O)c(Br)cc(Br)c1O. The second kappa shape index (κ2) is 5.75. The predicted octanol–water partition coefficient (Wildman–Crippen LogP) is 5.23. The number of rotatable bonds is 1. The number of benzene rings is 2. The third kappa shape index (κ3) is 2.54. The first kappa shape index (κ1) is 15.9. The van der Waals surface area contributed by atoms with Crippen molar-refractivity contribution in [3.8, 4) is 34.1 Å². The molecule has 0 unspecified atom stereocenters. The van der Waals surface area contributed by atoms with Gasteiger partial charge < -0.3 is 20.4 Å². The molecule has 0 bridgehead atoms. The number of hydrogen-bond donors (Lipinski definition) is 4. The van der Waals surface area contributed by atoms with Gasteiger partial charge in [0.15, 0.2) is 0 Å². The largest absolute Gasteiger partial charge is 0.506 e. The molecule has 4 N–H and O–H groups in total. The van der Waals surface area contributed by atoms with E-state index >= 15 is 0 Å². The summed E-state index contributed by atoms with van der Waals surface area (Å²) >= 11 is 12.5. The minimum Gasteiger partial charge on any atom is -0.506 e. The van der Waals surface area contributed by atoms with Crippen LogP contribution in [0.2, 0.25) is 0 Å². The van der Waals surface area contributed by atoms with Gasteiger partial charge in [-0.3, -0.25) is 0 Å². The Labute approximate surface area is 147 Å². The van der Waals surface area contributed by atoms with E-state index in [1.54, 1.807) is 0 Å². The van der Waals surface area contributed by atoms with Crippen molar-refractivity contribution in [1.29, 1.82) is 0 Å². The van der Waals surface area contributed by atoms with Crippen LogP contribution in [0.4, 0.5) is 0 Å². The second-order valence-electron chi connectivity index (χ2n) is 3.82. The summed E-state index contributed by atoms with van der Waals surface area (Å²) in [6.07, 6.45) is 0. The molecule has 0 aliphatic rings. The van der Waals surface area contributed by atoms with E-state index in [0.717, 1.165) is 0 Å². The van der Waals surface area contributed by atoms with Crippen LogP contribution in [0.15, 0.2) is 30.0 Å². The van der Waals surface area contributed by atoms with Crippen molar-refractivity contribution in [2.75, 3.05) is 0 Å². The first-order chi connectivity index (χ1) is 9.25. The summed E-state index contributed by atoms with van der Waals surface area (Å²) in [6, 6.07) is 2.91. The number of halogens is 4. The maximum atomic E-state index is 10.1. The molecular formula is C12H6Br4O4. The van der Waals surface area contributed by atoms with E-state index in [1.165, 1.54) is 12.1 Å². The second-order valence-corrected chi connectivity index (χ2v) is 7.24. The predicted molar refractivity (Wildman–Crippen MR) is 89.3 cm³/mol. The van der Waals surface area contributed by atoms with Gasteiger partial charge in [-0.25, -0.2) is 0 Å². The molecule has 0 aliphatic heterocycles. The molecule has 0 saturated heterocycles. The lowest BCUT2D eigenvalue weighted by atomic mass is 10.0. The Morgan fingerprint density at radius 1 is 0.500 bits per heavy atom. The molecule has 2 rings (SSSR count). The fourth-order valence-electron chi connectivity index (χ4n) is 1.67. The van der Waals surface area contributed by atoms with Crippen LogP contribution in [0.25, 0.3) is 11.1 Å². The standard InChI is InChI=1S/C12H6Br4O4/c13-3-1-4(14)10(18)7(9(3)17)8-11(19)5(15)2-6(16)12(8)20/h1-2,17-20H. The summed E-state index contributed by atoms with van der Waals surface area (Å²) < 4.78 is 1.19. The van der Waals surface area contributed by atoms with Crippen LogP contribution in [0, 0.1) is 0 Å². The number of phenols is 4. The molecule has 0 saturated carbocycles. The molecule has 0 radical (unpaired) electrons. The summed E-state index contributed by atoms with van der Waals surface area (Å²) in [5.74, 6) is -1.22. The lowest BCUT2D eigenvalue weighted by Crippen LogP contribution is -1.88. The molecule has 4 nitrogen and oxygen atoms in total. The van der Waals surface area contributed by atoms with E-state index in [1.807, 2.05) is 0 Å². The van der Waals surface area contributed by atoms with Gasteiger partial charge in [-0.2, -0.15) is 0 Å². The minimum atomic E-state index is -0.304. The van der Waals surface area contributed by atoms with Crippen molar-refractivity contribution in [2.24, 2.45) is 0 Å². The maximum absolute atomic E-state index is 10.1. The Kier molecular flexibility index (Phi) is 4.58. The summed E-state index contributed by atoms with van der Waals surface area (Å²) in [5, 5.41) is 40.4. The fraction of sp³-hybridized carbons (Fsp3) is 0. The van der Waals surface area contributed by atoms with Crippen molar-refractivity contribution >= 4 is 63.7 Å². The van der Waals surface area contributed by atoms with Gasteiger partial charge in [0, 0.05) is 0 Å². The van der Waals surface area contributed by atoms with Gasteiger partial charge in [0.2, 0.25) is 0 Å². The van der Waals surface area contributed by atoms with Gasteiger partial charge in [0.25, 0.3) is 0 Å². The minimum absolute atomic E-state index is 0.0942. The molecule has 0 atom stereocenters. The molecule has 106 valence electrons. The maximum Gasteiger partial charge on any atom is 0.141 e. The number of hydrogen-bond acceptors (Lipinski definition) is 4. The topological polar surface area (TPSA) is 80.9 Å².